The van der Waals surface area contributed by atoms with Gasteiger partial charge in [-0.05, 0) is 43.1 Å². The number of benzene rings is 1. The van der Waals surface area contributed by atoms with Gasteiger partial charge in [-0.1, -0.05) is 30.3 Å². The topological polar surface area (TPSA) is 66.5 Å². The number of nitrogens with zero attached hydrogens (tertiary/aromatic N) is 1. The van der Waals surface area contributed by atoms with Crippen molar-refractivity contribution >= 4 is 16.1 Å². The number of nitrogens with one attached hydrogen (secondary N) is 1. The molecule has 1 heterocycles. The van der Waals surface area contributed by atoms with Gasteiger partial charge in [0.1, 0.15) is 0 Å². The molecule has 22 heavy (non-hydrogen) atoms. The highest BCUT2D eigenvalue weighted by atomic mass is 32.2. The molecule has 1 N–H and O–H groups in total. The van der Waals surface area contributed by atoms with Gasteiger partial charge in [-0.2, -0.15) is 12.7 Å². The van der Waals surface area contributed by atoms with Crippen LogP contribution in [0.1, 0.15) is 31.2 Å². The molecule has 2 fully saturated rings. The monoisotopic (exact) mass is 322 g/mol. The second-order valence-electron chi connectivity index (χ2n) is 6.29. The Morgan fingerprint density at radius 2 is 1.82 bits per heavy atom. The zero-order valence-corrected chi connectivity index (χ0v) is 13.4. The predicted molar refractivity (Wildman–Crippen MR) is 84.2 cm³/mol. The van der Waals surface area contributed by atoms with E-state index in [1.165, 1.54) is 9.87 Å². The quantitative estimate of drug-likeness (QED) is 0.867. The summed E-state index contributed by atoms with van der Waals surface area (Å²) < 4.78 is 27.6. The van der Waals surface area contributed by atoms with Gasteiger partial charge in [0.25, 0.3) is 0 Å². The molecule has 1 saturated carbocycles. The summed E-state index contributed by atoms with van der Waals surface area (Å²) in [6.07, 6.45) is 4.03. The lowest BCUT2D eigenvalue weighted by Gasteiger charge is -2.15. The fourth-order valence-electron chi connectivity index (χ4n) is 3.14. The number of hydrogen-bond acceptors (Lipinski definition) is 3. The van der Waals surface area contributed by atoms with Crippen LogP contribution in [0.4, 0.5) is 0 Å². The van der Waals surface area contributed by atoms with Crippen molar-refractivity contribution in [2.75, 3.05) is 13.1 Å². The summed E-state index contributed by atoms with van der Waals surface area (Å²) in [5.41, 5.74) is 1.28. The van der Waals surface area contributed by atoms with E-state index in [4.69, 9.17) is 0 Å². The third-order valence-corrected chi connectivity index (χ3v) is 6.04. The molecule has 0 spiro atoms. The molecule has 1 aliphatic carbocycles. The Labute approximate surface area is 131 Å². The molecule has 1 aliphatic heterocycles. The Balaban J connectivity index is 1.45. The zero-order chi connectivity index (χ0) is 15.6. The highest BCUT2D eigenvalue weighted by molar-refractivity contribution is 7.87. The fraction of sp³-hybridized carbons (Fsp3) is 0.562. The van der Waals surface area contributed by atoms with Crippen LogP contribution in [-0.4, -0.2) is 31.7 Å². The van der Waals surface area contributed by atoms with Gasteiger partial charge in [0.05, 0.1) is 0 Å². The first-order chi connectivity index (χ1) is 10.5. The summed E-state index contributed by atoms with van der Waals surface area (Å²) in [7, 11) is -3.62. The van der Waals surface area contributed by atoms with E-state index < -0.39 is 10.2 Å². The minimum atomic E-state index is -3.62. The second kappa shape index (κ2) is 6.38. The summed E-state index contributed by atoms with van der Waals surface area (Å²) in [6.45, 7) is 1.03. The van der Waals surface area contributed by atoms with Gasteiger partial charge in [0.2, 0.25) is 5.91 Å². The van der Waals surface area contributed by atoms with Crippen LogP contribution in [0, 0.1) is 11.8 Å². The van der Waals surface area contributed by atoms with Crippen LogP contribution >= 0.6 is 0 Å². The second-order valence-corrected chi connectivity index (χ2v) is 7.96. The van der Waals surface area contributed by atoms with Crippen molar-refractivity contribution < 1.29 is 13.2 Å². The van der Waals surface area contributed by atoms with E-state index in [0.717, 1.165) is 25.7 Å². The Kier molecular flexibility index (Phi) is 4.49. The van der Waals surface area contributed by atoms with Crippen molar-refractivity contribution in [3.63, 3.8) is 0 Å². The number of amides is 1. The third kappa shape index (κ3) is 3.87. The van der Waals surface area contributed by atoms with Crippen LogP contribution in [-0.2, 0) is 21.4 Å². The highest BCUT2D eigenvalue weighted by Crippen LogP contribution is 2.43. The molecule has 1 aromatic carbocycles. The molecule has 6 heteroatoms. The average Bonchev–Trinajstić information content (AvgIpc) is 2.98. The summed E-state index contributed by atoms with van der Waals surface area (Å²) in [5, 5.41) is 0. The van der Waals surface area contributed by atoms with Crippen molar-refractivity contribution in [2.24, 2.45) is 11.8 Å². The lowest BCUT2D eigenvalue weighted by atomic mass is 10.1. The smallest absolute Gasteiger partial charge is 0.274 e. The molecule has 2 atom stereocenters. The Bertz CT molecular complexity index is 624. The first kappa shape index (κ1) is 15.5. The summed E-state index contributed by atoms with van der Waals surface area (Å²) in [6, 6.07) is 10.2. The standard InChI is InChI=1S/C16H22N2O3S/c19-16(17-22(20,21)18-8-4-5-9-18)12-15-11-14(15)10-13-6-2-1-3-7-13/h1-3,6-7,14-15H,4-5,8-12H2,(H,17,19)/t14-,15+/m1/s1. The van der Waals surface area contributed by atoms with Gasteiger partial charge in [-0.15, -0.1) is 0 Å². The first-order valence-electron chi connectivity index (χ1n) is 7.89. The molecule has 2 aliphatic rings. The zero-order valence-electron chi connectivity index (χ0n) is 12.6. The normalized spacial score (nSPS) is 25.1. The molecule has 1 aromatic rings. The number of hydrogen-bond donors (Lipinski definition) is 1. The summed E-state index contributed by atoms with van der Waals surface area (Å²) in [4.78, 5) is 11.9. The molecular formula is C16H22N2O3S. The highest BCUT2D eigenvalue weighted by Gasteiger charge is 2.39. The van der Waals surface area contributed by atoms with Crippen LogP contribution in [0.3, 0.4) is 0 Å². The lowest BCUT2D eigenvalue weighted by molar-refractivity contribution is -0.119. The van der Waals surface area contributed by atoms with Crippen LogP contribution < -0.4 is 4.72 Å². The van der Waals surface area contributed by atoms with Crippen LogP contribution in [0.25, 0.3) is 0 Å². The maximum absolute atomic E-state index is 12.0. The first-order valence-corrected chi connectivity index (χ1v) is 9.33. The molecule has 0 bridgehead atoms. The van der Waals surface area contributed by atoms with Crippen molar-refractivity contribution in [3.8, 4) is 0 Å². The van der Waals surface area contributed by atoms with Crippen molar-refractivity contribution in [3.05, 3.63) is 35.9 Å². The van der Waals surface area contributed by atoms with Crippen molar-refractivity contribution in [1.29, 1.82) is 0 Å². The fourth-order valence-corrected chi connectivity index (χ4v) is 4.38. The van der Waals surface area contributed by atoms with Gasteiger partial charge in [0.15, 0.2) is 0 Å². The Morgan fingerprint density at radius 3 is 2.50 bits per heavy atom. The largest absolute Gasteiger partial charge is 0.303 e. The molecular weight excluding hydrogens is 300 g/mol. The van der Waals surface area contributed by atoms with E-state index in [1.54, 1.807) is 0 Å². The molecule has 5 nitrogen and oxygen atoms in total. The summed E-state index contributed by atoms with van der Waals surface area (Å²) in [5.74, 6) is 0.448. The third-order valence-electron chi connectivity index (χ3n) is 4.51. The minimum absolute atomic E-state index is 0.310. The van der Waals surface area contributed by atoms with E-state index in [1.807, 2.05) is 18.2 Å². The molecule has 3 rings (SSSR count). The Morgan fingerprint density at radius 1 is 1.14 bits per heavy atom. The van der Waals surface area contributed by atoms with E-state index in [9.17, 15) is 13.2 Å². The molecule has 120 valence electrons. The summed E-state index contributed by atoms with van der Waals surface area (Å²) >= 11 is 0. The molecule has 0 aromatic heterocycles. The van der Waals surface area contributed by atoms with Gasteiger partial charge < -0.3 is 0 Å². The maximum atomic E-state index is 12.0. The molecule has 0 unspecified atom stereocenters. The average molecular weight is 322 g/mol. The molecule has 1 amide bonds. The van der Waals surface area contributed by atoms with Gasteiger partial charge in [-0.3, -0.25) is 4.79 Å². The minimum Gasteiger partial charge on any atom is -0.274 e. The van der Waals surface area contributed by atoms with E-state index >= 15 is 0 Å². The number of carbonyl (C=O) groups excluding carboxylic acids is 1. The predicted octanol–water partition coefficient (Wildman–Crippen LogP) is 1.71. The van der Waals surface area contributed by atoms with Gasteiger partial charge in [0, 0.05) is 19.5 Å². The van der Waals surface area contributed by atoms with Crippen LogP contribution in [0.2, 0.25) is 0 Å². The maximum Gasteiger partial charge on any atom is 0.303 e. The SMILES string of the molecule is O=C(C[C@@H]1C[C@H]1Cc1ccccc1)NS(=O)(=O)N1CCCC1. The van der Waals surface area contributed by atoms with Crippen LogP contribution in [0.5, 0.6) is 0 Å². The van der Waals surface area contributed by atoms with Gasteiger partial charge in [-0.25, -0.2) is 4.72 Å². The lowest BCUT2D eigenvalue weighted by Crippen LogP contribution is -2.42. The van der Waals surface area contributed by atoms with E-state index in [-0.39, 0.29) is 5.91 Å². The van der Waals surface area contributed by atoms with Crippen LogP contribution in [0.15, 0.2) is 30.3 Å². The Hall–Kier alpha value is -1.40. The van der Waals surface area contributed by atoms with E-state index in [2.05, 4.69) is 16.9 Å². The van der Waals surface area contributed by atoms with Crippen molar-refractivity contribution in [1.82, 2.24) is 9.03 Å². The van der Waals surface area contributed by atoms with Gasteiger partial charge >= 0.3 is 10.2 Å². The number of rotatable bonds is 6. The van der Waals surface area contributed by atoms with Crippen molar-refractivity contribution in [2.45, 2.75) is 32.1 Å². The molecule has 1 saturated heterocycles. The number of carbonyl (C=O) groups is 1. The van der Waals surface area contributed by atoms with E-state index in [0.29, 0.717) is 31.3 Å². The molecule has 0 radical (unpaired) electrons.